The summed E-state index contributed by atoms with van der Waals surface area (Å²) in [5.41, 5.74) is 0.917. The second kappa shape index (κ2) is 10.5. The summed E-state index contributed by atoms with van der Waals surface area (Å²) in [6, 6.07) is 15.9. The lowest BCUT2D eigenvalue weighted by atomic mass is 9.85. The number of hydrogen-bond donors (Lipinski definition) is 2. The highest BCUT2D eigenvalue weighted by Crippen LogP contribution is 2.44. The molecule has 1 aliphatic heterocycles. The van der Waals surface area contributed by atoms with E-state index in [-0.39, 0.29) is 28.7 Å². The van der Waals surface area contributed by atoms with E-state index in [2.05, 4.69) is 19.9 Å². The minimum absolute atomic E-state index is 0.0522. The fraction of sp³-hybridized carbons (Fsp3) is 0.360. The van der Waals surface area contributed by atoms with Gasteiger partial charge in [-0.25, -0.2) is 13.2 Å². The second-order valence-corrected chi connectivity index (χ2v) is 11.8. The second-order valence-electron chi connectivity index (χ2n) is 8.06. The van der Waals surface area contributed by atoms with Crippen molar-refractivity contribution in [3.63, 3.8) is 0 Å². The molecule has 32 heavy (non-hydrogen) atoms. The van der Waals surface area contributed by atoms with Crippen LogP contribution in [0, 0.1) is 17.2 Å². The Hall–Kier alpha value is -2.38. The van der Waals surface area contributed by atoms with Crippen molar-refractivity contribution in [3.05, 3.63) is 77.4 Å². The van der Waals surface area contributed by atoms with E-state index in [1.54, 1.807) is 12.1 Å². The van der Waals surface area contributed by atoms with Gasteiger partial charge in [0.05, 0.1) is 17.0 Å². The minimum Gasteiger partial charge on any atom is -0.478 e. The number of carboxylic acids is 1. The molecule has 170 valence electrons. The molecule has 7 heteroatoms. The van der Waals surface area contributed by atoms with E-state index >= 15 is 0 Å². The summed E-state index contributed by atoms with van der Waals surface area (Å²) in [7, 11) is -3.71. The number of carboxylic acid groups (broad SMARTS) is 1. The predicted molar refractivity (Wildman–Crippen MR) is 132 cm³/mol. The Balaban J connectivity index is 1.93. The Morgan fingerprint density at radius 3 is 2.25 bits per heavy atom. The first-order valence-electron chi connectivity index (χ1n) is 10.8. The molecule has 3 atom stereocenters. The van der Waals surface area contributed by atoms with Crippen molar-refractivity contribution in [2.75, 3.05) is 5.75 Å². The van der Waals surface area contributed by atoms with Crippen LogP contribution in [-0.4, -0.2) is 35.5 Å². The van der Waals surface area contributed by atoms with Crippen LogP contribution in [0.2, 0.25) is 0 Å². The van der Waals surface area contributed by atoms with Crippen molar-refractivity contribution >= 4 is 38.2 Å². The first kappa shape index (κ1) is 24.3. The van der Waals surface area contributed by atoms with Gasteiger partial charge in [0, 0.05) is 10.5 Å². The largest absolute Gasteiger partial charge is 0.478 e. The van der Waals surface area contributed by atoms with Crippen LogP contribution in [0.1, 0.15) is 54.6 Å². The van der Waals surface area contributed by atoms with Gasteiger partial charge >= 0.3 is 5.97 Å². The fourth-order valence-electron chi connectivity index (χ4n) is 4.19. The van der Waals surface area contributed by atoms with Gasteiger partial charge in [-0.05, 0) is 36.3 Å². The van der Waals surface area contributed by atoms with E-state index < -0.39 is 26.1 Å². The van der Waals surface area contributed by atoms with E-state index in [0.29, 0.717) is 6.42 Å². The number of nitrogens with one attached hydrogen (secondary N) is 1. The van der Waals surface area contributed by atoms with Crippen LogP contribution in [0.5, 0.6) is 0 Å². The molecule has 1 heterocycles. The summed E-state index contributed by atoms with van der Waals surface area (Å²) < 4.78 is 26.3. The Morgan fingerprint density at radius 2 is 1.66 bits per heavy atom. The topological polar surface area (TPSA) is 95.3 Å². The number of benzene rings is 2. The number of hydrogen-bond acceptors (Lipinski definition) is 5. The van der Waals surface area contributed by atoms with Crippen molar-refractivity contribution in [1.82, 2.24) is 0 Å². The molecule has 0 spiro atoms. The Bertz CT molecular complexity index is 1110. The first-order valence-corrected chi connectivity index (χ1v) is 13.4. The molecule has 3 rings (SSSR count). The average molecular weight is 472 g/mol. The standard InChI is InChI=1S/C25H29NO4S2/c1-3-17-14-23(19-10-6-5-7-11-19)31-24(15-18(17)4-2)32(29,30)16-22(26)20-12-8-9-13-21(20)25(27)28/h5-14,17-18,24,26H,3-4,15-16H2,1-2H3,(H,27,28)/t17?,18-,24?/m1/s1. The molecule has 0 radical (unpaired) electrons. The molecule has 2 aromatic rings. The molecule has 5 nitrogen and oxygen atoms in total. The maximum Gasteiger partial charge on any atom is 0.336 e. The highest BCUT2D eigenvalue weighted by atomic mass is 32.3. The van der Waals surface area contributed by atoms with Gasteiger partial charge in [-0.3, -0.25) is 0 Å². The van der Waals surface area contributed by atoms with Gasteiger partial charge in [0.1, 0.15) is 4.58 Å². The summed E-state index contributed by atoms with van der Waals surface area (Å²) >= 11 is 1.36. The highest BCUT2D eigenvalue weighted by Gasteiger charge is 2.35. The van der Waals surface area contributed by atoms with Crippen molar-refractivity contribution < 1.29 is 18.3 Å². The molecule has 0 saturated carbocycles. The van der Waals surface area contributed by atoms with Gasteiger partial charge < -0.3 is 10.5 Å². The molecule has 1 aliphatic rings. The molecule has 0 amide bonds. The zero-order valence-corrected chi connectivity index (χ0v) is 20.0. The van der Waals surface area contributed by atoms with Crippen LogP contribution in [0.25, 0.3) is 4.91 Å². The van der Waals surface area contributed by atoms with E-state index in [1.807, 2.05) is 30.3 Å². The zero-order valence-electron chi connectivity index (χ0n) is 18.3. The highest BCUT2D eigenvalue weighted by molar-refractivity contribution is 8.19. The zero-order chi connectivity index (χ0) is 23.3. The van der Waals surface area contributed by atoms with Crippen LogP contribution in [0.4, 0.5) is 0 Å². The normalized spacial score (nSPS) is 21.4. The van der Waals surface area contributed by atoms with Gasteiger partial charge in [-0.15, -0.1) is 11.8 Å². The van der Waals surface area contributed by atoms with Gasteiger partial charge in [-0.1, -0.05) is 74.9 Å². The SMILES string of the molecule is CCC1C=C(c2ccccc2)SC(S(=O)(=O)CC(=N)c2ccccc2C(=O)O)C[C@H]1CC. The molecular weight excluding hydrogens is 442 g/mol. The molecule has 2 aromatic carbocycles. The smallest absolute Gasteiger partial charge is 0.336 e. The van der Waals surface area contributed by atoms with Crippen molar-refractivity contribution in [2.45, 2.75) is 37.7 Å². The number of thioether (sulfide) groups is 1. The monoisotopic (exact) mass is 471 g/mol. The number of rotatable bonds is 8. The summed E-state index contributed by atoms with van der Waals surface area (Å²) in [6.45, 7) is 4.22. The van der Waals surface area contributed by atoms with Crippen LogP contribution < -0.4 is 0 Å². The summed E-state index contributed by atoms with van der Waals surface area (Å²) in [5.74, 6) is -1.13. The molecule has 0 aliphatic carbocycles. The van der Waals surface area contributed by atoms with E-state index in [0.717, 1.165) is 23.3 Å². The molecule has 0 saturated heterocycles. The molecule has 0 fully saturated rings. The predicted octanol–water partition coefficient (Wildman–Crippen LogP) is 5.72. The number of allylic oxidation sites excluding steroid dienone is 1. The number of carbonyl (C=O) groups is 1. The maximum atomic E-state index is 13.5. The van der Waals surface area contributed by atoms with E-state index in [1.165, 1.54) is 23.9 Å². The van der Waals surface area contributed by atoms with Gasteiger partial charge in [-0.2, -0.15) is 0 Å². The first-order chi connectivity index (χ1) is 15.3. The molecular formula is C25H29NO4S2. The van der Waals surface area contributed by atoms with Crippen LogP contribution >= 0.6 is 11.8 Å². The Labute approximate surface area is 194 Å². The summed E-state index contributed by atoms with van der Waals surface area (Å²) in [5, 5.41) is 17.8. The van der Waals surface area contributed by atoms with Crippen molar-refractivity contribution in [3.8, 4) is 0 Å². The average Bonchev–Trinajstić information content (AvgIpc) is 2.99. The van der Waals surface area contributed by atoms with E-state index in [4.69, 9.17) is 5.41 Å². The van der Waals surface area contributed by atoms with Crippen LogP contribution in [0.3, 0.4) is 0 Å². The Morgan fingerprint density at radius 1 is 1.03 bits per heavy atom. The number of aromatic carboxylic acids is 1. The molecule has 2 N–H and O–H groups in total. The van der Waals surface area contributed by atoms with Crippen LogP contribution in [0.15, 0.2) is 60.7 Å². The van der Waals surface area contributed by atoms with Crippen LogP contribution in [-0.2, 0) is 9.84 Å². The summed E-state index contributed by atoms with van der Waals surface area (Å²) in [4.78, 5) is 12.5. The molecule has 0 bridgehead atoms. The lowest BCUT2D eigenvalue weighted by Gasteiger charge is -2.24. The van der Waals surface area contributed by atoms with Crippen molar-refractivity contribution in [1.29, 1.82) is 5.41 Å². The third-order valence-electron chi connectivity index (χ3n) is 6.01. The lowest BCUT2D eigenvalue weighted by molar-refractivity contribution is 0.0696. The van der Waals surface area contributed by atoms with Crippen molar-refractivity contribution in [2.24, 2.45) is 11.8 Å². The third kappa shape index (κ3) is 5.51. The lowest BCUT2D eigenvalue weighted by Crippen LogP contribution is -2.29. The molecule has 0 aromatic heterocycles. The number of sulfone groups is 1. The van der Waals surface area contributed by atoms with E-state index in [9.17, 15) is 18.3 Å². The Kier molecular flexibility index (Phi) is 7.96. The summed E-state index contributed by atoms with van der Waals surface area (Å²) in [6.07, 6.45) is 4.55. The molecule has 2 unspecified atom stereocenters. The van der Waals surface area contributed by atoms with Gasteiger partial charge in [0.2, 0.25) is 0 Å². The maximum absolute atomic E-state index is 13.5. The third-order valence-corrected chi connectivity index (χ3v) is 9.94. The van der Waals surface area contributed by atoms with Gasteiger partial charge in [0.25, 0.3) is 0 Å². The fourth-order valence-corrected chi connectivity index (χ4v) is 7.73. The van der Waals surface area contributed by atoms with Gasteiger partial charge in [0.15, 0.2) is 9.84 Å². The minimum atomic E-state index is -3.71. The quantitative estimate of drug-likeness (QED) is 0.480.